The normalized spacial score (nSPS) is 11.9. The summed E-state index contributed by atoms with van der Waals surface area (Å²) >= 11 is 3.44. The summed E-state index contributed by atoms with van der Waals surface area (Å²) in [5, 5.41) is 2.82. The first kappa shape index (κ1) is 12.0. The van der Waals surface area contributed by atoms with E-state index < -0.39 is 0 Å². The number of hydrogen-bond acceptors (Lipinski definition) is 1. The predicted molar refractivity (Wildman–Crippen MR) is 65.6 cm³/mol. The number of nitrogens with one attached hydrogen (secondary N) is 1. The van der Waals surface area contributed by atoms with Crippen molar-refractivity contribution in [2.45, 2.75) is 19.9 Å². The molecule has 2 nitrogen and oxygen atoms in total. The highest BCUT2D eigenvalue weighted by atomic mass is 79.9. The van der Waals surface area contributed by atoms with Gasteiger partial charge in [0, 0.05) is 4.47 Å². The van der Waals surface area contributed by atoms with Crippen LogP contribution in [0.2, 0.25) is 0 Å². The van der Waals surface area contributed by atoms with Crippen LogP contribution in [0.15, 0.2) is 35.3 Å². The lowest BCUT2D eigenvalue weighted by molar-refractivity contribution is -0.117. The average molecular weight is 268 g/mol. The van der Waals surface area contributed by atoms with Gasteiger partial charge in [-0.3, -0.25) is 4.79 Å². The number of halogens is 1. The van der Waals surface area contributed by atoms with Crippen LogP contribution in [0.25, 0.3) is 0 Å². The molecule has 1 N–H and O–H groups in total. The quantitative estimate of drug-likeness (QED) is 0.838. The maximum Gasteiger partial charge on any atom is 0.243 e. The summed E-state index contributed by atoms with van der Waals surface area (Å²) in [6.07, 6.45) is 1.28. The van der Waals surface area contributed by atoms with Gasteiger partial charge in [0.15, 0.2) is 0 Å². The van der Waals surface area contributed by atoms with Gasteiger partial charge in [0.1, 0.15) is 0 Å². The molecule has 3 heteroatoms. The molecule has 0 radical (unpaired) electrons. The predicted octanol–water partition coefficient (Wildman–Crippen LogP) is 3.12. The molecule has 0 saturated heterocycles. The van der Waals surface area contributed by atoms with E-state index in [1.807, 2.05) is 26.0 Å². The Morgan fingerprint density at radius 1 is 1.60 bits per heavy atom. The van der Waals surface area contributed by atoms with Crippen LogP contribution in [-0.4, -0.2) is 5.91 Å². The molecule has 0 aromatic heterocycles. The summed E-state index contributed by atoms with van der Waals surface area (Å²) in [6.45, 7) is 7.39. The van der Waals surface area contributed by atoms with Gasteiger partial charge in [0.25, 0.3) is 0 Å². The lowest BCUT2D eigenvalue weighted by Crippen LogP contribution is -2.24. The molecule has 1 rings (SSSR count). The van der Waals surface area contributed by atoms with Crippen molar-refractivity contribution < 1.29 is 4.79 Å². The monoisotopic (exact) mass is 267 g/mol. The van der Waals surface area contributed by atoms with E-state index in [0.717, 1.165) is 15.6 Å². The highest BCUT2D eigenvalue weighted by Crippen LogP contribution is 2.20. The van der Waals surface area contributed by atoms with E-state index >= 15 is 0 Å². The zero-order valence-electron chi connectivity index (χ0n) is 8.88. The first-order chi connectivity index (χ1) is 7.04. The summed E-state index contributed by atoms with van der Waals surface area (Å²) in [5.41, 5.74) is 2.25. The van der Waals surface area contributed by atoms with Gasteiger partial charge in [-0.05, 0) is 37.1 Å². The van der Waals surface area contributed by atoms with Crippen LogP contribution in [0.5, 0.6) is 0 Å². The number of hydrogen-bond donors (Lipinski definition) is 1. The molecule has 1 amide bonds. The Bertz CT molecular complexity index is 387. The van der Waals surface area contributed by atoms with E-state index in [1.54, 1.807) is 0 Å². The molecule has 0 aliphatic rings. The van der Waals surface area contributed by atoms with Gasteiger partial charge in [-0.15, -0.1) is 0 Å². The molecular weight excluding hydrogens is 254 g/mol. The maximum absolute atomic E-state index is 11.1. The van der Waals surface area contributed by atoms with Crippen molar-refractivity contribution in [2.75, 3.05) is 0 Å². The zero-order valence-corrected chi connectivity index (χ0v) is 10.5. The third kappa shape index (κ3) is 3.20. The molecule has 0 bridgehead atoms. The van der Waals surface area contributed by atoms with Crippen molar-refractivity contribution in [1.29, 1.82) is 0 Å². The number of aryl methyl sites for hydroxylation is 1. The van der Waals surface area contributed by atoms with E-state index in [0.29, 0.717) is 0 Å². The fourth-order valence-electron chi connectivity index (χ4n) is 1.29. The topological polar surface area (TPSA) is 29.1 Å². The zero-order chi connectivity index (χ0) is 11.4. The van der Waals surface area contributed by atoms with Crippen LogP contribution in [0.3, 0.4) is 0 Å². The Morgan fingerprint density at radius 2 is 2.27 bits per heavy atom. The van der Waals surface area contributed by atoms with Crippen molar-refractivity contribution >= 4 is 21.8 Å². The lowest BCUT2D eigenvalue weighted by Gasteiger charge is -2.14. The van der Waals surface area contributed by atoms with Gasteiger partial charge in [0.05, 0.1) is 6.04 Å². The number of carbonyl (C=O) groups excluding carboxylic acids is 1. The molecule has 0 heterocycles. The van der Waals surface area contributed by atoms with Gasteiger partial charge in [-0.2, -0.15) is 0 Å². The summed E-state index contributed by atoms with van der Waals surface area (Å²) in [7, 11) is 0. The van der Waals surface area contributed by atoms with Crippen molar-refractivity contribution in [3.05, 3.63) is 46.5 Å². The van der Waals surface area contributed by atoms with Crippen LogP contribution < -0.4 is 5.32 Å². The van der Waals surface area contributed by atoms with E-state index in [-0.39, 0.29) is 11.9 Å². The number of carbonyl (C=O) groups is 1. The molecule has 0 aliphatic heterocycles. The Kier molecular flexibility index (Phi) is 4.09. The third-order valence-corrected chi connectivity index (χ3v) is 3.12. The molecule has 0 unspecified atom stereocenters. The van der Waals surface area contributed by atoms with Crippen molar-refractivity contribution in [1.82, 2.24) is 5.32 Å². The van der Waals surface area contributed by atoms with Crippen LogP contribution >= 0.6 is 15.9 Å². The largest absolute Gasteiger partial charge is 0.346 e. The van der Waals surface area contributed by atoms with E-state index in [2.05, 4.69) is 33.9 Å². The minimum atomic E-state index is -0.150. The molecule has 0 fully saturated rings. The van der Waals surface area contributed by atoms with Gasteiger partial charge in [-0.25, -0.2) is 0 Å². The van der Waals surface area contributed by atoms with E-state index in [1.165, 1.54) is 6.08 Å². The van der Waals surface area contributed by atoms with Crippen LogP contribution in [0.4, 0.5) is 0 Å². The summed E-state index contributed by atoms with van der Waals surface area (Å²) in [4.78, 5) is 11.1. The molecule has 0 spiro atoms. The summed E-state index contributed by atoms with van der Waals surface area (Å²) < 4.78 is 1.08. The number of amides is 1. The second kappa shape index (κ2) is 5.12. The Hall–Kier alpha value is -1.09. The number of rotatable bonds is 3. The molecule has 1 aromatic carbocycles. The Labute approximate surface area is 98.5 Å². The van der Waals surface area contributed by atoms with E-state index in [9.17, 15) is 4.79 Å². The smallest absolute Gasteiger partial charge is 0.243 e. The molecule has 0 saturated carbocycles. The van der Waals surface area contributed by atoms with Gasteiger partial charge in [-0.1, -0.05) is 34.6 Å². The van der Waals surface area contributed by atoms with Crippen LogP contribution in [-0.2, 0) is 4.79 Å². The minimum Gasteiger partial charge on any atom is -0.346 e. The average Bonchev–Trinajstić information content (AvgIpc) is 2.21. The summed E-state index contributed by atoms with van der Waals surface area (Å²) in [6, 6.07) is 6.03. The maximum atomic E-state index is 11.1. The SMILES string of the molecule is C=CC(=O)N[C@H](C)c1ccc(Br)c(C)c1. The molecular formula is C12H14BrNO. The number of benzene rings is 1. The fraction of sp³-hybridized carbons (Fsp3) is 0.250. The van der Waals surface area contributed by atoms with Crippen molar-refractivity contribution in [2.24, 2.45) is 0 Å². The highest BCUT2D eigenvalue weighted by Gasteiger charge is 2.07. The molecule has 80 valence electrons. The van der Waals surface area contributed by atoms with Crippen LogP contribution in [0.1, 0.15) is 24.1 Å². The van der Waals surface area contributed by atoms with E-state index in [4.69, 9.17) is 0 Å². The minimum absolute atomic E-state index is 0.00213. The Morgan fingerprint density at radius 3 is 2.80 bits per heavy atom. The van der Waals surface area contributed by atoms with Crippen molar-refractivity contribution in [3.63, 3.8) is 0 Å². The first-order valence-corrected chi connectivity index (χ1v) is 5.53. The van der Waals surface area contributed by atoms with Gasteiger partial charge in [0.2, 0.25) is 5.91 Å². The summed E-state index contributed by atoms with van der Waals surface area (Å²) in [5.74, 6) is -0.150. The lowest BCUT2D eigenvalue weighted by atomic mass is 10.1. The Balaban J connectivity index is 2.82. The standard InChI is InChI=1S/C12H14BrNO/c1-4-12(15)14-9(3)10-5-6-11(13)8(2)7-10/h4-7,9H,1H2,2-3H3,(H,14,15)/t9-/m1/s1. The third-order valence-electron chi connectivity index (χ3n) is 2.23. The molecule has 0 aliphatic carbocycles. The second-order valence-electron chi connectivity index (χ2n) is 3.44. The van der Waals surface area contributed by atoms with Crippen LogP contribution in [0, 0.1) is 6.92 Å². The highest BCUT2D eigenvalue weighted by molar-refractivity contribution is 9.10. The molecule has 1 aromatic rings. The molecule has 1 atom stereocenters. The van der Waals surface area contributed by atoms with Crippen molar-refractivity contribution in [3.8, 4) is 0 Å². The van der Waals surface area contributed by atoms with Gasteiger partial charge < -0.3 is 5.32 Å². The second-order valence-corrected chi connectivity index (χ2v) is 4.30. The molecule has 15 heavy (non-hydrogen) atoms. The first-order valence-electron chi connectivity index (χ1n) is 4.73. The fourth-order valence-corrected chi connectivity index (χ4v) is 1.54. The van der Waals surface area contributed by atoms with Gasteiger partial charge >= 0.3 is 0 Å².